The lowest BCUT2D eigenvalue weighted by molar-refractivity contribution is -0.0197. The first kappa shape index (κ1) is 8.38. The molecule has 0 atom stereocenters. The third-order valence-corrected chi connectivity index (χ3v) is 0.677. The molecule has 0 N–H and O–H groups in total. The van der Waals surface area contributed by atoms with Gasteiger partial charge in [0.2, 0.25) is 0 Å². The summed E-state index contributed by atoms with van der Waals surface area (Å²) in [4.78, 5) is 0. The summed E-state index contributed by atoms with van der Waals surface area (Å²) in [6.07, 6.45) is 5.80. The average molecular weight is 133 g/mol. The number of halogens is 2. The van der Waals surface area contributed by atoms with Crippen molar-refractivity contribution < 1.29 is 13.5 Å². The number of hydrogen-bond donors (Lipinski definition) is 0. The molecule has 1 radical (unpaired) electrons. The van der Waals surface area contributed by atoms with Crippen molar-refractivity contribution in [2.24, 2.45) is 0 Å². The van der Waals surface area contributed by atoms with Crippen molar-refractivity contribution in [2.45, 2.75) is 12.8 Å². The Balaban J connectivity index is 2.85. The zero-order chi connectivity index (χ0) is 7.11. The normalized spacial score (nSPS) is 9.56. The van der Waals surface area contributed by atoms with Gasteiger partial charge >= 0.3 is 6.61 Å². The Labute approximate surface area is 53.0 Å². The Morgan fingerprint density at radius 2 is 2.22 bits per heavy atom. The molecule has 0 bridgehead atoms. The van der Waals surface area contributed by atoms with Gasteiger partial charge < -0.3 is 4.74 Å². The highest BCUT2D eigenvalue weighted by Gasteiger charge is 2.02. The predicted octanol–water partition coefficient (Wildman–Crippen LogP) is 1.80. The van der Waals surface area contributed by atoms with Crippen LogP contribution in [0.2, 0.25) is 0 Å². The standard InChI is InChI=1S/C6H7F2O/c1-2-3-4-5-9-6(7)8/h1H,3-5H2. The van der Waals surface area contributed by atoms with E-state index in [9.17, 15) is 8.78 Å². The Kier molecular flexibility index (Phi) is 5.14. The Bertz CT molecular complexity index is 95.7. The van der Waals surface area contributed by atoms with Crippen molar-refractivity contribution in [1.29, 1.82) is 0 Å². The van der Waals surface area contributed by atoms with Crippen molar-refractivity contribution in [3.63, 3.8) is 0 Å². The molecule has 9 heavy (non-hydrogen) atoms. The minimum atomic E-state index is -1.99. The summed E-state index contributed by atoms with van der Waals surface area (Å²) in [5, 5.41) is 0. The maximum Gasteiger partial charge on any atom is 0.448 e. The monoisotopic (exact) mass is 133 g/mol. The maximum absolute atomic E-state index is 11.1. The van der Waals surface area contributed by atoms with E-state index >= 15 is 0 Å². The zero-order valence-corrected chi connectivity index (χ0v) is 4.86. The van der Waals surface area contributed by atoms with Gasteiger partial charge in [-0.25, -0.2) is 0 Å². The lowest BCUT2D eigenvalue weighted by atomic mass is 10.3. The quantitative estimate of drug-likeness (QED) is 0.419. The van der Waals surface area contributed by atoms with Gasteiger partial charge in [-0.15, -0.1) is 12.3 Å². The van der Waals surface area contributed by atoms with Crippen molar-refractivity contribution in [2.75, 3.05) is 6.61 Å². The van der Waals surface area contributed by atoms with Gasteiger partial charge in [0.05, 0.1) is 6.61 Å². The molecule has 0 spiro atoms. The van der Waals surface area contributed by atoms with E-state index in [1.54, 1.807) is 0 Å². The second-order valence-electron chi connectivity index (χ2n) is 1.38. The third kappa shape index (κ3) is 7.38. The van der Waals surface area contributed by atoms with E-state index in [0.29, 0.717) is 12.8 Å². The van der Waals surface area contributed by atoms with Crippen molar-refractivity contribution in [3.05, 3.63) is 6.61 Å². The molecule has 0 heterocycles. The van der Waals surface area contributed by atoms with Crippen LogP contribution in [-0.2, 0) is 4.74 Å². The second-order valence-corrected chi connectivity index (χ2v) is 1.38. The molecule has 0 rings (SSSR count). The highest BCUT2D eigenvalue weighted by molar-refractivity contribution is 4.82. The molecular weight excluding hydrogens is 126 g/mol. The van der Waals surface area contributed by atoms with Gasteiger partial charge in [-0.1, -0.05) is 0 Å². The first-order valence-electron chi connectivity index (χ1n) is 2.51. The van der Waals surface area contributed by atoms with Crippen LogP contribution in [0.1, 0.15) is 12.8 Å². The van der Waals surface area contributed by atoms with E-state index < -0.39 is 6.61 Å². The summed E-state index contributed by atoms with van der Waals surface area (Å²) < 4.78 is 26.0. The van der Waals surface area contributed by atoms with Crippen LogP contribution >= 0.6 is 0 Å². The van der Waals surface area contributed by atoms with Gasteiger partial charge in [0.15, 0.2) is 0 Å². The van der Waals surface area contributed by atoms with Gasteiger partial charge in [-0.2, -0.15) is 8.78 Å². The molecule has 51 valence electrons. The van der Waals surface area contributed by atoms with Crippen LogP contribution in [0.4, 0.5) is 8.78 Å². The molecule has 0 fully saturated rings. The van der Waals surface area contributed by atoms with Gasteiger partial charge in [0.1, 0.15) is 0 Å². The Morgan fingerprint density at radius 3 is 2.67 bits per heavy atom. The number of rotatable bonds is 4. The molecule has 0 amide bonds. The summed E-state index contributed by atoms with van der Waals surface area (Å²) in [6, 6.07) is 0. The van der Waals surface area contributed by atoms with E-state index in [1.165, 1.54) is 0 Å². The number of terminal acetylenes is 1. The largest absolute Gasteiger partial charge is 0.448 e. The zero-order valence-electron chi connectivity index (χ0n) is 4.86. The highest BCUT2D eigenvalue weighted by atomic mass is 19.3. The molecule has 0 aliphatic carbocycles. The fourth-order valence-electron chi connectivity index (χ4n) is 0.324. The number of unbranched alkanes of at least 4 members (excludes halogenated alkanes) is 1. The summed E-state index contributed by atoms with van der Waals surface area (Å²) >= 11 is 0. The first-order valence-corrected chi connectivity index (χ1v) is 2.51. The molecule has 0 unspecified atom stereocenters. The minimum Gasteiger partial charge on any atom is -0.313 e. The van der Waals surface area contributed by atoms with Crippen LogP contribution < -0.4 is 0 Å². The van der Waals surface area contributed by atoms with Crippen LogP contribution in [0.3, 0.4) is 0 Å². The molecule has 0 aromatic carbocycles. The topological polar surface area (TPSA) is 9.23 Å². The molecular formula is C6H7F2O. The van der Waals surface area contributed by atoms with E-state index in [0.717, 1.165) is 0 Å². The molecule has 0 aromatic rings. The van der Waals surface area contributed by atoms with Crippen molar-refractivity contribution >= 4 is 0 Å². The second kappa shape index (κ2) is 5.52. The average Bonchev–Trinajstić information content (AvgIpc) is 1.80. The Hall–Kier alpha value is -0.620. The van der Waals surface area contributed by atoms with Gasteiger partial charge in [-0.05, 0) is 6.42 Å². The SMILES string of the molecule is C#CCCCO[C](F)F. The van der Waals surface area contributed by atoms with Crippen LogP contribution in [0.15, 0.2) is 0 Å². The van der Waals surface area contributed by atoms with Crippen LogP contribution in [0, 0.1) is 19.0 Å². The smallest absolute Gasteiger partial charge is 0.313 e. The fraction of sp³-hybridized carbons (Fsp3) is 0.500. The molecule has 3 heteroatoms. The molecule has 0 aromatic heterocycles. The van der Waals surface area contributed by atoms with Gasteiger partial charge in [-0.3, -0.25) is 0 Å². The summed E-state index contributed by atoms with van der Waals surface area (Å²) in [7, 11) is 0. The van der Waals surface area contributed by atoms with Crippen LogP contribution in [0.25, 0.3) is 0 Å². The maximum atomic E-state index is 11.1. The highest BCUT2D eigenvalue weighted by Crippen LogP contribution is 2.04. The summed E-state index contributed by atoms with van der Waals surface area (Å²) in [5.74, 6) is 2.31. The molecule has 0 saturated carbocycles. The van der Waals surface area contributed by atoms with E-state index in [1.807, 2.05) is 0 Å². The lowest BCUT2D eigenvalue weighted by Crippen LogP contribution is -1.92. The van der Waals surface area contributed by atoms with Crippen molar-refractivity contribution in [1.82, 2.24) is 0 Å². The molecule has 1 nitrogen and oxygen atoms in total. The van der Waals surface area contributed by atoms with E-state index in [4.69, 9.17) is 6.42 Å². The lowest BCUT2D eigenvalue weighted by Gasteiger charge is -1.95. The molecule has 0 saturated heterocycles. The predicted molar refractivity (Wildman–Crippen MR) is 29.5 cm³/mol. The fourth-order valence-corrected chi connectivity index (χ4v) is 0.324. The third-order valence-electron chi connectivity index (χ3n) is 0.677. The van der Waals surface area contributed by atoms with Gasteiger partial charge in [0.25, 0.3) is 0 Å². The Morgan fingerprint density at radius 1 is 1.56 bits per heavy atom. The first-order chi connectivity index (χ1) is 4.27. The van der Waals surface area contributed by atoms with Crippen LogP contribution in [0.5, 0.6) is 0 Å². The van der Waals surface area contributed by atoms with Gasteiger partial charge in [0, 0.05) is 6.42 Å². The van der Waals surface area contributed by atoms with Crippen LogP contribution in [-0.4, -0.2) is 6.61 Å². The van der Waals surface area contributed by atoms with Crippen molar-refractivity contribution in [3.8, 4) is 12.3 Å². The van der Waals surface area contributed by atoms with E-state index in [2.05, 4.69) is 10.7 Å². The summed E-state index contributed by atoms with van der Waals surface area (Å²) in [5.41, 5.74) is 0. The minimum absolute atomic E-state index is 0.00648. The molecule has 0 aliphatic heterocycles. The van der Waals surface area contributed by atoms with E-state index in [-0.39, 0.29) is 6.61 Å². The summed E-state index contributed by atoms with van der Waals surface area (Å²) in [6.45, 7) is -1.99. The molecule has 0 aliphatic rings. The number of ether oxygens (including phenoxy) is 1. The number of hydrogen-bond acceptors (Lipinski definition) is 1.